The Balaban J connectivity index is 2.11. The maximum Gasteiger partial charge on any atom is 0.132 e. The van der Waals surface area contributed by atoms with Gasteiger partial charge in [-0.2, -0.15) is 0 Å². The van der Waals surface area contributed by atoms with E-state index in [0.29, 0.717) is 5.56 Å². The summed E-state index contributed by atoms with van der Waals surface area (Å²) in [4.78, 5) is 0. The third-order valence-corrected chi connectivity index (χ3v) is 3.32. The summed E-state index contributed by atoms with van der Waals surface area (Å²) in [6.07, 6.45) is -0.883. The van der Waals surface area contributed by atoms with Crippen molar-refractivity contribution in [3.8, 4) is 5.75 Å². The first-order valence-corrected chi connectivity index (χ1v) is 6.81. The maximum absolute atomic E-state index is 13.6. The van der Waals surface area contributed by atoms with Crippen LogP contribution in [-0.2, 0) is 6.61 Å². The zero-order valence-corrected chi connectivity index (χ0v) is 12.3. The number of hydrogen-bond donors (Lipinski definition) is 1. The Labute approximate surface area is 124 Å². The summed E-state index contributed by atoms with van der Waals surface area (Å²) in [5.74, 6) is -0.646. The van der Waals surface area contributed by atoms with Gasteiger partial charge in [0.2, 0.25) is 0 Å². The lowest BCUT2D eigenvalue weighted by atomic mass is 10.1. The molecule has 1 N–H and O–H groups in total. The summed E-state index contributed by atoms with van der Waals surface area (Å²) in [5.41, 5.74) is 0.574. The van der Waals surface area contributed by atoms with Crippen molar-refractivity contribution in [3.63, 3.8) is 0 Å². The van der Waals surface area contributed by atoms with Crippen molar-refractivity contribution in [1.29, 1.82) is 0 Å². The van der Waals surface area contributed by atoms with E-state index >= 15 is 0 Å². The van der Waals surface area contributed by atoms with E-state index < -0.39 is 11.9 Å². The molecule has 0 heterocycles. The van der Waals surface area contributed by atoms with Gasteiger partial charge in [0.05, 0.1) is 6.10 Å². The Morgan fingerprint density at radius 2 is 1.90 bits per heavy atom. The van der Waals surface area contributed by atoms with Gasteiger partial charge >= 0.3 is 0 Å². The van der Waals surface area contributed by atoms with Crippen LogP contribution in [0.15, 0.2) is 40.9 Å². The van der Waals surface area contributed by atoms with Crippen molar-refractivity contribution in [1.82, 2.24) is 0 Å². The second-order valence-electron chi connectivity index (χ2n) is 4.38. The number of halogens is 3. The Hall–Kier alpha value is -1.46. The second kappa shape index (κ2) is 6.33. The smallest absolute Gasteiger partial charge is 0.132 e. The molecule has 0 saturated carbocycles. The molecular weight excluding hydrogens is 330 g/mol. The van der Waals surface area contributed by atoms with Gasteiger partial charge in [-0.1, -0.05) is 15.9 Å². The normalized spacial score (nSPS) is 12.2. The predicted molar refractivity (Wildman–Crippen MR) is 75.5 cm³/mol. The van der Waals surface area contributed by atoms with Gasteiger partial charge in [-0.05, 0) is 37.3 Å². The van der Waals surface area contributed by atoms with Gasteiger partial charge in [-0.3, -0.25) is 0 Å². The van der Waals surface area contributed by atoms with Crippen LogP contribution in [0.3, 0.4) is 0 Å². The summed E-state index contributed by atoms with van der Waals surface area (Å²) in [5, 5.41) is 9.33. The van der Waals surface area contributed by atoms with Crippen LogP contribution in [-0.4, -0.2) is 5.11 Å². The van der Waals surface area contributed by atoms with Gasteiger partial charge in [0.1, 0.15) is 24.0 Å². The molecule has 106 valence electrons. The molecule has 0 aliphatic rings. The lowest BCUT2D eigenvalue weighted by Gasteiger charge is -2.10. The van der Waals surface area contributed by atoms with Gasteiger partial charge < -0.3 is 9.84 Å². The van der Waals surface area contributed by atoms with Crippen LogP contribution in [0.1, 0.15) is 24.2 Å². The fraction of sp³-hybridized carbons (Fsp3) is 0.200. The van der Waals surface area contributed by atoms with Gasteiger partial charge in [0.25, 0.3) is 0 Å². The molecule has 0 radical (unpaired) electrons. The number of aliphatic hydroxyl groups is 1. The molecule has 0 unspecified atom stereocenters. The van der Waals surface area contributed by atoms with Gasteiger partial charge in [-0.15, -0.1) is 0 Å². The molecule has 5 heteroatoms. The minimum absolute atomic E-state index is 0.00125. The molecule has 20 heavy (non-hydrogen) atoms. The standard InChI is InChI=1S/C15H13BrF2O2/c1-9(19)13-4-3-12(7-15(13)18)20-8-10-6-11(16)2-5-14(10)17/h2-7,9,19H,8H2,1H3/t9-/m1/s1. The molecule has 1 atom stereocenters. The van der Waals surface area contributed by atoms with Crippen molar-refractivity contribution in [2.75, 3.05) is 0 Å². The molecule has 0 bridgehead atoms. The third kappa shape index (κ3) is 3.55. The Bertz CT molecular complexity index is 615. The van der Waals surface area contributed by atoms with E-state index in [1.807, 2.05) is 0 Å². The predicted octanol–water partition coefficient (Wildman–Crippen LogP) is 4.36. The lowest BCUT2D eigenvalue weighted by Crippen LogP contribution is -2.01. The molecule has 0 aromatic heterocycles. The maximum atomic E-state index is 13.6. The molecule has 0 aliphatic heterocycles. The molecular formula is C15H13BrF2O2. The minimum atomic E-state index is -0.883. The molecule has 0 fully saturated rings. The van der Waals surface area contributed by atoms with Crippen LogP contribution in [0.4, 0.5) is 8.78 Å². The van der Waals surface area contributed by atoms with Crippen LogP contribution >= 0.6 is 15.9 Å². The van der Waals surface area contributed by atoms with E-state index in [-0.39, 0.29) is 23.7 Å². The zero-order chi connectivity index (χ0) is 14.7. The summed E-state index contributed by atoms with van der Waals surface area (Å²) >= 11 is 3.25. The molecule has 0 aliphatic carbocycles. The molecule has 2 rings (SSSR count). The van der Waals surface area contributed by atoms with E-state index in [1.54, 1.807) is 18.2 Å². The molecule has 2 nitrogen and oxygen atoms in total. The van der Waals surface area contributed by atoms with Crippen LogP contribution in [0.25, 0.3) is 0 Å². The minimum Gasteiger partial charge on any atom is -0.489 e. The zero-order valence-electron chi connectivity index (χ0n) is 10.7. The van der Waals surface area contributed by atoms with Crippen LogP contribution < -0.4 is 4.74 Å². The third-order valence-electron chi connectivity index (χ3n) is 2.82. The SMILES string of the molecule is C[C@@H](O)c1ccc(OCc2cc(Br)ccc2F)cc1F. The van der Waals surface area contributed by atoms with E-state index in [1.165, 1.54) is 25.1 Å². The Morgan fingerprint density at radius 1 is 1.15 bits per heavy atom. The van der Waals surface area contributed by atoms with Crippen LogP contribution in [0.2, 0.25) is 0 Å². The van der Waals surface area contributed by atoms with Gasteiger partial charge in [0.15, 0.2) is 0 Å². The first-order valence-electron chi connectivity index (χ1n) is 6.01. The number of benzene rings is 2. The first kappa shape index (κ1) is 14.9. The number of rotatable bonds is 4. The summed E-state index contributed by atoms with van der Waals surface area (Å²) in [6.45, 7) is 1.48. The molecule has 0 amide bonds. The number of ether oxygens (including phenoxy) is 1. The van der Waals surface area contributed by atoms with Crippen molar-refractivity contribution >= 4 is 15.9 Å². The van der Waals surface area contributed by atoms with Crippen molar-refractivity contribution in [3.05, 3.63) is 63.6 Å². The largest absolute Gasteiger partial charge is 0.489 e. The van der Waals surface area contributed by atoms with Gasteiger partial charge in [-0.25, -0.2) is 8.78 Å². The highest BCUT2D eigenvalue weighted by Gasteiger charge is 2.10. The fourth-order valence-electron chi connectivity index (χ4n) is 1.75. The first-order chi connectivity index (χ1) is 9.47. The summed E-state index contributed by atoms with van der Waals surface area (Å²) < 4.78 is 33.3. The molecule has 0 saturated heterocycles. The second-order valence-corrected chi connectivity index (χ2v) is 5.30. The van der Waals surface area contributed by atoms with E-state index in [0.717, 1.165) is 4.47 Å². The van der Waals surface area contributed by atoms with Crippen molar-refractivity contribution in [2.24, 2.45) is 0 Å². The van der Waals surface area contributed by atoms with Crippen molar-refractivity contribution in [2.45, 2.75) is 19.6 Å². The highest BCUT2D eigenvalue weighted by atomic mass is 79.9. The summed E-state index contributed by atoms with van der Waals surface area (Å²) in [7, 11) is 0. The fourth-order valence-corrected chi connectivity index (χ4v) is 2.16. The van der Waals surface area contributed by atoms with E-state index in [2.05, 4.69) is 15.9 Å². The number of aliphatic hydroxyl groups excluding tert-OH is 1. The Kier molecular flexibility index (Phi) is 4.73. The topological polar surface area (TPSA) is 29.5 Å². The monoisotopic (exact) mass is 342 g/mol. The molecule has 2 aromatic carbocycles. The van der Waals surface area contributed by atoms with Gasteiger partial charge in [0, 0.05) is 21.7 Å². The molecule has 0 spiro atoms. The van der Waals surface area contributed by atoms with Crippen LogP contribution in [0.5, 0.6) is 5.75 Å². The van der Waals surface area contributed by atoms with E-state index in [9.17, 15) is 13.9 Å². The quantitative estimate of drug-likeness (QED) is 0.894. The van der Waals surface area contributed by atoms with Crippen LogP contribution in [0, 0.1) is 11.6 Å². The Morgan fingerprint density at radius 3 is 2.55 bits per heavy atom. The molecule has 2 aromatic rings. The summed E-state index contributed by atoms with van der Waals surface area (Å²) in [6, 6.07) is 8.71. The average molecular weight is 343 g/mol. The highest BCUT2D eigenvalue weighted by molar-refractivity contribution is 9.10. The van der Waals surface area contributed by atoms with E-state index in [4.69, 9.17) is 4.74 Å². The lowest BCUT2D eigenvalue weighted by molar-refractivity contribution is 0.194. The average Bonchev–Trinajstić information content (AvgIpc) is 2.39. The van der Waals surface area contributed by atoms with Crippen molar-refractivity contribution < 1.29 is 18.6 Å². The highest BCUT2D eigenvalue weighted by Crippen LogP contribution is 2.23. The number of hydrogen-bond acceptors (Lipinski definition) is 2.